The smallest absolute Gasteiger partial charge is 0.119 e. The van der Waals surface area contributed by atoms with Gasteiger partial charge >= 0.3 is 0 Å². The molecule has 0 aliphatic carbocycles. The van der Waals surface area contributed by atoms with E-state index in [1.165, 1.54) is 0 Å². The highest BCUT2D eigenvalue weighted by molar-refractivity contribution is 9.24. The second-order valence-corrected chi connectivity index (χ2v) is 3.65. The Morgan fingerprint density at radius 3 is 1.80 bits per heavy atom. The standard InChI is InChI=1S/C2H5Br2N/c1-5-2(3)4/h2,5H,1H3. The van der Waals surface area contributed by atoms with Gasteiger partial charge in [0.1, 0.15) is 3.86 Å². The van der Waals surface area contributed by atoms with Crippen LogP contribution in [0, 0.1) is 0 Å². The minimum Gasteiger partial charge on any atom is -0.299 e. The molecule has 0 rings (SSSR count). The molecule has 0 amide bonds. The van der Waals surface area contributed by atoms with E-state index >= 15 is 0 Å². The molecule has 0 saturated heterocycles. The molecule has 3 heteroatoms. The maximum absolute atomic E-state index is 3.18. The number of hydrogen-bond acceptors (Lipinski definition) is 1. The van der Waals surface area contributed by atoms with E-state index in [4.69, 9.17) is 0 Å². The second-order valence-electron chi connectivity index (χ2n) is 0.589. The summed E-state index contributed by atoms with van der Waals surface area (Å²) >= 11 is 6.36. The Morgan fingerprint density at radius 2 is 1.80 bits per heavy atom. The van der Waals surface area contributed by atoms with Crippen LogP contribution < -0.4 is 5.32 Å². The molecule has 0 aromatic rings. The van der Waals surface area contributed by atoms with Crippen LogP contribution in [-0.4, -0.2) is 10.9 Å². The van der Waals surface area contributed by atoms with Crippen molar-refractivity contribution in [3.63, 3.8) is 0 Å². The van der Waals surface area contributed by atoms with Crippen molar-refractivity contribution in [2.45, 2.75) is 3.86 Å². The average molecular weight is 203 g/mol. The van der Waals surface area contributed by atoms with Gasteiger partial charge in [0.2, 0.25) is 0 Å². The van der Waals surface area contributed by atoms with Crippen LogP contribution in [-0.2, 0) is 0 Å². The lowest BCUT2D eigenvalue weighted by molar-refractivity contribution is 0.959. The Balaban J connectivity index is 2.54. The van der Waals surface area contributed by atoms with Gasteiger partial charge in [0.05, 0.1) is 0 Å². The lowest BCUT2D eigenvalue weighted by atomic mass is 11.3. The molecule has 1 nitrogen and oxygen atoms in total. The molecule has 0 fully saturated rings. The van der Waals surface area contributed by atoms with Crippen LogP contribution in [0.5, 0.6) is 0 Å². The van der Waals surface area contributed by atoms with E-state index in [0.717, 1.165) is 0 Å². The van der Waals surface area contributed by atoms with E-state index in [1.807, 2.05) is 7.05 Å². The van der Waals surface area contributed by atoms with Gasteiger partial charge < -0.3 is 0 Å². The molecule has 0 bridgehead atoms. The second kappa shape index (κ2) is 3.12. The monoisotopic (exact) mass is 201 g/mol. The first-order valence-electron chi connectivity index (χ1n) is 1.23. The fourth-order valence-corrected chi connectivity index (χ4v) is 0. The lowest BCUT2D eigenvalue weighted by Gasteiger charge is -1.90. The Labute approximate surface area is 48.4 Å². The number of rotatable bonds is 1. The Hall–Kier alpha value is 0.920. The molecule has 0 spiro atoms. The fraction of sp³-hybridized carbons (Fsp3) is 1.00. The highest BCUT2D eigenvalue weighted by Gasteiger charge is 1.82. The first kappa shape index (κ1) is 5.92. The first-order valence-corrected chi connectivity index (χ1v) is 3.06. The predicted octanol–water partition coefficient (Wildman–Crippen LogP) is 1.28. The molecule has 0 aromatic carbocycles. The van der Waals surface area contributed by atoms with Crippen molar-refractivity contribution in [2.24, 2.45) is 0 Å². The Bertz CT molecular complexity index is 21.6. The van der Waals surface area contributed by atoms with Crippen molar-refractivity contribution in [3.05, 3.63) is 0 Å². The van der Waals surface area contributed by atoms with Gasteiger partial charge in [-0.3, -0.25) is 5.32 Å². The number of nitrogens with one attached hydrogen (secondary N) is 1. The molecule has 0 aliphatic heterocycles. The van der Waals surface area contributed by atoms with Gasteiger partial charge in [-0.25, -0.2) is 0 Å². The first-order chi connectivity index (χ1) is 2.27. The summed E-state index contributed by atoms with van der Waals surface area (Å²) in [6.07, 6.45) is 0. The molecular formula is C2H5Br2N. The van der Waals surface area contributed by atoms with Gasteiger partial charge in [0.15, 0.2) is 0 Å². The third-order valence-corrected chi connectivity index (χ3v) is 1.13. The summed E-state index contributed by atoms with van der Waals surface area (Å²) in [5.41, 5.74) is 0. The highest BCUT2D eigenvalue weighted by atomic mass is 79.9. The van der Waals surface area contributed by atoms with Gasteiger partial charge in [-0.15, -0.1) is 0 Å². The van der Waals surface area contributed by atoms with E-state index in [9.17, 15) is 0 Å². The maximum Gasteiger partial charge on any atom is 0.119 e. The van der Waals surface area contributed by atoms with Crippen LogP contribution in [0.3, 0.4) is 0 Å². The van der Waals surface area contributed by atoms with Crippen LogP contribution >= 0.6 is 31.9 Å². The molecule has 0 aliphatic rings. The number of hydrogen-bond donors (Lipinski definition) is 1. The molecule has 0 heterocycles. The fourth-order valence-electron chi connectivity index (χ4n) is 0. The SMILES string of the molecule is CNC(Br)Br. The summed E-state index contributed by atoms with van der Waals surface area (Å²) in [7, 11) is 1.86. The molecule has 32 valence electrons. The summed E-state index contributed by atoms with van der Waals surface area (Å²) in [5.74, 6) is 0. The number of halogens is 2. The molecule has 1 N–H and O–H groups in total. The molecule has 0 aromatic heterocycles. The van der Waals surface area contributed by atoms with Crippen LogP contribution in [0.4, 0.5) is 0 Å². The molecule has 0 saturated carbocycles. The van der Waals surface area contributed by atoms with Crippen molar-refractivity contribution in [2.75, 3.05) is 7.05 Å². The van der Waals surface area contributed by atoms with Crippen molar-refractivity contribution in [3.8, 4) is 0 Å². The summed E-state index contributed by atoms with van der Waals surface area (Å²) < 4.78 is 0.259. The summed E-state index contributed by atoms with van der Waals surface area (Å²) in [5, 5.41) is 2.86. The Morgan fingerprint density at radius 1 is 1.60 bits per heavy atom. The minimum atomic E-state index is 0.259. The molecule has 0 radical (unpaired) electrons. The van der Waals surface area contributed by atoms with Crippen molar-refractivity contribution >= 4 is 31.9 Å². The average Bonchev–Trinajstić information content (AvgIpc) is 1.38. The van der Waals surface area contributed by atoms with E-state index in [1.54, 1.807) is 0 Å². The molecule has 0 atom stereocenters. The van der Waals surface area contributed by atoms with E-state index in [0.29, 0.717) is 0 Å². The molecule has 0 unspecified atom stereocenters. The van der Waals surface area contributed by atoms with Crippen molar-refractivity contribution < 1.29 is 0 Å². The molecular weight excluding hydrogens is 198 g/mol. The normalized spacial score (nSPS) is 9.60. The summed E-state index contributed by atoms with van der Waals surface area (Å²) in [6.45, 7) is 0. The van der Waals surface area contributed by atoms with Gasteiger partial charge in [-0.2, -0.15) is 0 Å². The predicted molar refractivity (Wildman–Crippen MR) is 30.7 cm³/mol. The van der Waals surface area contributed by atoms with Gasteiger partial charge in [0.25, 0.3) is 0 Å². The van der Waals surface area contributed by atoms with Gasteiger partial charge in [-0.05, 0) is 7.05 Å². The summed E-state index contributed by atoms with van der Waals surface area (Å²) in [4.78, 5) is 0. The topological polar surface area (TPSA) is 12.0 Å². The van der Waals surface area contributed by atoms with Crippen LogP contribution in [0.15, 0.2) is 0 Å². The van der Waals surface area contributed by atoms with Crippen LogP contribution in [0.1, 0.15) is 0 Å². The van der Waals surface area contributed by atoms with Gasteiger partial charge in [-0.1, -0.05) is 31.9 Å². The Kier molecular flexibility index (Phi) is 3.70. The lowest BCUT2D eigenvalue weighted by Crippen LogP contribution is -2.08. The van der Waals surface area contributed by atoms with Crippen molar-refractivity contribution in [1.82, 2.24) is 5.32 Å². The van der Waals surface area contributed by atoms with Crippen LogP contribution in [0.25, 0.3) is 0 Å². The zero-order valence-electron chi connectivity index (χ0n) is 2.83. The minimum absolute atomic E-state index is 0.259. The summed E-state index contributed by atoms with van der Waals surface area (Å²) in [6, 6.07) is 0. The largest absolute Gasteiger partial charge is 0.299 e. The zero-order valence-corrected chi connectivity index (χ0v) is 6.01. The van der Waals surface area contributed by atoms with Gasteiger partial charge in [0, 0.05) is 0 Å². The third kappa shape index (κ3) is 4.92. The third-order valence-electron chi connectivity index (χ3n) is 0.218. The van der Waals surface area contributed by atoms with Crippen molar-refractivity contribution in [1.29, 1.82) is 0 Å². The van der Waals surface area contributed by atoms with Crippen LogP contribution in [0.2, 0.25) is 0 Å². The van der Waals surface area contributed by atoms with E-state index < -0.39 is 0 Å². The van der Waals surface area contributed by atoms with E-state index in [-0.39, 0.29) is 3.86 Å². The quantitative estimate of drug-likeness (QED) is 0.499. The maximum atomic E-state index is 3.18. The zero-order chi connectivity index (χ0) is 4.28. The highest BCUT2D eigenvalue weighted by Crippen LogP contribution is 1.99. The molecule has 5 heavy (non-hydrogen) atoms. The number of alkyl halides is 2. The van der Waals surface area contributed by atoms with E-state index in [2.05, 4.69) is 37.2 Å².